The Morgan fingerprint density at radius 2 is 2.31 bits per heavy atom. The van der Waals surface area contributed by atoms with Gasteiger partial charge < -0.3 is 4.98 Å². The molecule has 4 nitrogen and oxygen atoms in total. The molecule has 0 saturated carbocycles. The van der Waals surface area contributed by atoms with Crippen molar-refractivity contribution in [2.75, 3.05) is 0 Å². The standard InChI is InChI=1S/C8H10N4S/c1-6-5-9-8(13)12(6)7-3-4-11(2)10-7/h3-5H,1-2H3,(H,9,13). The lowest BCUT2D eigenvalue weighted by molar-refractivity contribution is 0.746. The fourth-order valence-corrected chi connectivity index (χ4v) is 1.56. The van der Waals surface area contributed by atoms with E-state index in [0.717, 1.165) is 11.5 Å². The fourth-order valence-electron chi connectivity index (χ4n) is 1.26. The summed E-state index contributed by atoms with van der Waals surface area (Å²) in [6, 6.07) is 1.93. The van der Waals surface area contributed by atoms with Crippen molar-refractivity contribution >= 4 is 12.2 Å². The summed E-state index contributed by atoms with van der Waals surface area (Å²) in [4.78, 5) is 2.97. The number of H-pyrrole nitrogens is 1. The van der Waals surface area contributed by atoms with Crippen LogP contribution in [-0.2, 0) is 7.05 Å². The largest absolute Gasteiger partial charge is 0.337 e. The van der Waals surface area contributed by atoms with Crippen LogP contribution in [0.5, 0.6) is 0 Å². The van der Waals surface area contributed by atoms with E-state index >= 15 is 0 Å². The summed E-state index contributed by atoms with van der Waals surface area (Å²) < 4.78 is 4.33. The van der Waals surface area contributed by atoms with E-state index in [4.69, 9.17) is 12.2 Å². The van der Waals surface area contributed by atoms with Gasteiger partial charge in [0.1, 0.15) is 0 Å². The van der Waals surface area contributed by atoms with Gasteiger partial charge in [0.15, 0.2) is 10.6 Å². The van der Waals surface area contributed by atoms with Gasteiger partial charge in [-0.3, -0.25) is 9.25 Å². The topological polar surface area (TPSA) is 38.5 Å². The molecule has 0 spiro atoms. The van der Waals surface area contributed by atoms with Gasteiger partial charge in [0.2, 0.25) is 0 Å². The first-order chi connectivity index (χ1) is 6.18. The Kier molecular flexibility index (Phi) is 1.81. The average Bonchev–Trinajstić information content (AvgIpc) is 2.60. The van der Waals surface area contributed by atoms with E-state index in [2.05, 4.69) is 10.1 Å². The van der Waals surface area contributed by atoms with Crippen molar-refractivity contribution in [2.45, 2.75) is 6.92 Å². The van der Waals surface area contributed by atoms with Gasteiger partial charge in [-0.1, -0.05) is 0 Å². The van der Waals surface area contributed by atoms with E-state index < -0.39 is 0 Å². The quantitative estimate of drug-likeness (QED) is 0.700. The van der Waals surface area contributed by atoms with Crippen LogP contribution in [0.4, 0.5) is 0 Å². The molecule has 68 valence electrons. The van der Waals surface area contributed by atoms with Crippen LogP contribution >= 0.6 is 12.2 Å². The third kappa shape index (κ3) is 1.31. The Morgan fingerprint density at radius 1 is 1.54 bits per heavy atom. The average molecular weight is 194 g/mol. The molecule has 0 amide bonds. The molecule has 0 aliphatic heterocycles. The molecule has 2 aromatic heterocycles. The molecule has 2 aromatic rings. The lowest BCUT2D eigenvalue weighted by atomic mass is 10.5. The number of rotatable bonds is 1. The first kappa shape index (κ1) is 8.25. The van der Waals surface area contributed by atoms with E-state index in [1.54, 1.807) is 4.68 Å². The number of imidazole rings is 1. The molecule has 13 heavy (non-hydrogen) atoms. The molecule has 0 saturated heterocycles. The summed E-state index contributed by atoms with van der Waals surface area (Å²) in [6.45, 7) is 1.99. The monoisotopic (exact) mass is 194 g/mol. The summed E-state index contributed by atoms with van der Waals surface area (Å²) >= 11 is 5.12. The minimum atomic E-state index is 0.677. The second kappa shape index (κ2) is 2.85. The number of nitrogens with one attached hydrogen (secondary N) is 1. The molecule has 0 atom stereocenters. The highest BCUT2D eigenvalue weighted by Crippen LogP contribution is 2.08. The van der Waals surface area contributed by atoms with Gasteiger partial charge >= 0.3 is 0 Å². The molecule has 0 aliphatic carbocycles. The Balaban J connectivity index is 2.64. The third-order valence-corrected chi connectivity index (χ3v) is 2.19. The summed E-state index contributed by atoms with van der Waals surface area (Å²) in [5.74, 6) is 0.853. The molecule has 0 fully saturated rings. The number of aryl methyl sites for hydroxylation is 2. The maximum atomic E-state index is 5.12. The Hall–Kier alpha value is -1.36. The molecular weight excluding hydrogens is 184 g/mol. The van der Waals surface area contributed by atoms with Crippen LogP contribution in [0.25, 0.3) is 5.82 Å². The number of hydrogen-bond acceptors (Lipinski definition) is 2. The highest BCUT2D eigenvalue weighted by molar-refractivity contribution is 7.71. The molecule has 1 N–H and O–H groups in total. The fraction of sp³-hybridized carbons (Fsp3) is 0.250. The highest BCUT2D eigenvalue weighted by atomic mass is 32.1. The Bertz CT molecular complexity index is 476. The third-order valence-electron chi connectivity index (χ3n) is 1.89. The van der Waals surface area contributed by atoms with E-state index in [1.807, 2.05) is 37.0 Å². The minimum Gasteiger partial charge on any atom is -0.337 e. The van der Waals surface area contributed by atoms with Gasteiger partial charge in [-0.15, -0.1) is 0 Å². The number of aromatic nitrogens is 4. The first-order valence-electron chi connectivity index (χ1n) is 3.95. The van der Waals surface area contributed by atoms with Crippen molar-refractivity contribution in [2.24, 2.45) is 7.05 Å². The molecule has 0 bridgehead atoms. The van der Waals surface area contributed by atoms with E-state index in [1.165, 1.54) is 0 Å². The second-order valence-corrected chi connectivity index (χ2v) is 3.30. The van der Waals surface area contributed by atoms with Gasteiger partial charge in [0.25, 0.3) is 0 Å². The second-order valence-electron chi connectivity index (χ2n) is 2.92. The lowest BCUT2D eigenvalue weighted by Crippen LogP contribution is -1.98. The molecule has 5 heteroatoms. The zero-order valence-corrected chi connectivity index (χ0v) is 8.30. The zero-order chi connectivity index (χ0) is 9.42. The number of hydrogen-bond donors (Lipinski definition) is 1. The molecular formula is C8H10N4S. The SMILES string of the molecule is Cc1c[nH]c(=S)n1-c1ccn(C)n1. The van der Waals surface area contributed by atoms with E-state index in [9.17, 15) is 0 Å². The van der Waals surface area contributed by atoms with Crippen LogP contribution in [0, 0.1) is 11.7 Å². The molecule has 0 aromatic carbocycles. The highest BCUT2D eigenvalue weighted by Gasteiger charge is 2.03. The molecule has 2 heterocycles. The Morgan fingerprint density at radius 3 is 2.77 bits per heavy atom. The van der Waals surface area contributed by atoms with Crippen LogP contribution in [0.1, 0.15) is 5.69 Å². The lowest BCUT2D eigenvalue weighted by Gasteiger charge is -1.98. The van der Waals surface area contributed by atoms with Crippen LogP contribution in [0.3, 0.4) is 0 Å². The van der Waals surface area contributed by atoms with Gasteiger partial charge in [0, 0.05) is 31.2 Å². The summed E-state index contributed by atoms with van der Waals surface area (Å²) in [5.41, 5.74) is 1.06. The van der Waals surface area contributed by atoms with Gasteiger partial charge in [-0.25, -0.2) is 0 Å². The van der Waals surface area contributed by atoms with Crippen molar-refractivity contribution < 1.29 is 0 Å². The molecule has 2 rings (SSSR count). The van der Waals surface area contributed by atoms with Gasteiger partial charge in [-0.2, -0.15) is 5.10 Å². The van der Waals surface area contributed by atoms with Crippen molar-refractivity contribution in [1.29, 1.82) is 0 Å². The van der Waals surface area contributed by atoms with Crippen LogP contribution < -0.4 is 0 Å². The van der Waals surface area contributed by atoms with Gasteiger partial charge in [0.05, 0.1) is 0 Å². The van der Waals surface area contributed by atoms with Crippen molar-refractivity contribution in [3.8, 4) is 5.82 Å². The molecule has 0 aliphatic rings. The maximum absolute atomic E-state index is 5.12. The minimum absolute atomic E-state index is 0.677. The first-order valence-corrected chi connectivity index (χ1v) is 4.36. The number of nitrogens with zero attached hydrogens (tertiary/aromatic N) is 3. The maximum Gasteiger partial charge on any atom is 0.183 e. The van der Waals surface area contributed by atoms with Crippen LogP contribution in [-0.4, -0.2) is 19.3 Å². The predicted octanol–water partition coefficient (Wildman–Crippen LogP) is 1.58. The summed E-state index contributed by atoms with van der Waals surface area (Å²) in [5, 5.41) is 4.27. The Labute approximate surface area is 80.8 Å². The van der Waals surface area contributed by atoms with Gasteiger partial charge in [-0.05, 0) is 19.1 Å². The molecule has 0 radical (unpaired) electrons. The smallest absolute Gasteiger partial charge is 0.183 e. The van der Waals surface area contributed by atoms with Crippen LogP contribution in [0.2, 0.25) is 0 Å². The molecule has 0 unspecified atom stereocenters. The van der Waals surface area contributed by atoms with Crippen LogP contribution in [0.15, 0.2) is 18.5 Å². The normalized spacial score (nSPS) is 10.6. The zero-order valence-electron chi connectivity index (χ0n) is 7.48. The van der Waals surface area contributed by atoms with Crippen molar-refractivity contribution in [3.05, 3.63) is 28.9 Å². The van der Waals surface area contributed by atoms with E-state index in [-0.39, 0.29) is 0 Å². The van der Waals surface area contributed by atoms with Crippen molar-refractivity contribution in [3.63, 3.8) is 0 Å². The number of aromatic amines is 1. The van der Waals surface area contributed by atoms with Crippen molar-refractivity contribution in [1.82, 2.24) is 19.3 Å². The van der Waals surface area contributed by atoms with E-state index in [0.29, 0.717) is 4.77 Å². The predicted molar refractivity (Wildman–Crippen MR) is 52.5 cm³/mol. The summed E-state index contributed by atoms with van der Waals surface area (Å²) in [7, 11) is 1.88. The summed E-state index contributed by atoms with van der Waals surface area (Å²) in [6.07, 6.45) is 3.76.